The van der Waals surface area contributed by atoms with Crippen molar-refractivity contribution in [1.82, 2.24) is 4.98 Å². The third-order valence-electron chi connectivity index (χ3n) is 7.11. The number of piperidine rings is 1. The first-order chi connectivity index (χ1) is 15.7. The van der Waals surface area contributed by atoms with E-state index < -0.39 is 11.4 Å². The molecule has 1 fully saturated rings. The lowest BCUT2D eigenvalue weighted by Gasteiger charge is -2.41. The van der Waals surface area contributed by atoms with Gasteiger partial charge in [0.2, 0.25) is 0 Å². The summed E-state index contributed by atoms with van der Waals surface area (Å²) in [5.74, 6) is -0.104. The van der Waals surface area contributed by atoms with E-state index in [1.807, 2.05) is 31.2 Å². The zero-order chi connectivity index (χ0) is 23.6. The van der Waals surface area contributed by atoms with E-state index in [-0.39, 0.29) is 11.8 Å². The van der Waals surface area contributed by atoms with E-state index in [2.05, 4.69) is 11.8 Å². The Kier molecular flexibility index (Phi) is 7.27. The molecule has 0 amide bonds. The number of rotatable bonds is 8. The number of nitrogens with zero attached hydrogens (tertiary/aromatic N) is 2. The minimum Gasteiger partial charge on any atom is -0.496 e. The van der Waals surface area contributed by atoms with Crippen LogP contribution in [-0.4, -0.2) is 35.8 Å². The average Bonchev–Trinajstić information content (AvgIpc) is 3.19. The molecule has 0 spiro atoms. The minimum atomic E-state index is -0.813. The number of ether oxygens (including phenoxy) is 1. The highest BCUT2D eigenvalue weighted by Gasteiger charge is 2.35. The van der Waals surface area contributed by atoms with Gasteiger partial charge in [-0.15, -0.1) is 0 Å². The Balaban J connectivity index is 1.33. The summed E-state index contributed by atoms with van der Waals surface area (Å²) in [6.07, 6.45) is 8.48. The number of aromatic nitrogens is 1. The molecule has 1 aliphatic heterocycles. The highest BCUT2D eigenvalue weighted by atomic mass is 35.5. The zero-order valence-electron chi connectivity index (χ0n) is 19.1. The fraction of sp³-hybridized carbons (Fsp3) is 0.520. The van der Waals surface area contributed by atoms with Crippen molar-refractivity contribution in [2.75, 3.05) is 24.6 Å². The van der Waals surface area contributed by atoms with Gasteiger partial charge in [0.1, 0.15) is 5.76 Å². The Bertz CT molecular complexity index is 1090. The molecule has 1 aromatic carbocycles. The normalized spacial score (nSPS) is 22.7. The SMILES string of the molecule is CCC1(CCOC2=C(Cl)C=C[C@](C)(CC(=O)O)C2)CCN(c2nc3ccc(Cl)cc3s2)CC1. The maximum absolute atomic E-state index is 11.2. The smallest absolute Gasteiger partial charge is 0.304 e. The number of anilines is 1. The minimum absolute atomic E-state index is 0.0627. The van der Waals surface area contributed by atoms with Gasteiger partial charge in [-0.3, -0.25) is 4.79 Å². The molecular formula is C25H30Cl2N2O3S. The molecule has 4 rings (SSSR count). The van der Waals surface area contributed by atoms with Crippen LogP contribution in [0.15, 0.2) is 41.1 Å². The van der Waals surface area contributed by atoms with Gasteiger partial charge in [0.15, 0.2) is 5.13 Å². The number of carboxylic acids is 1. The number of halogens is 2. The van der Waals surface area contributed by atoms with Crippen LogP contribution in [0, 0.1) is 10.8 Å². The molecule has 0 radical (unpaired) electrons. The summed E-state index contributed by atoms with van der Waals surface area (Å²) in [6, 6.07) is 5.86. The van der Waals surface area contributed by atoms with Gasteiger partial charge in [0, 0.05) is 29.9 Å². The van der Waals surface area contributed by atoms with Gasteiger partial charge in [-0.25, -0.2) is 4.98 Å². The number of fused-ring (bicyclic) bond motifs is 1. The van der Waals surface area contributed by atoms with E-state index in [0.29, 0.717) is 23.8 Å². The first-order valence-corrected chi connectivity index (χ1v) is 13.0. The number of hydrogen-bond acceptors (Lipinski definition) is 5. The molecule has 0 bridgehead atoms. The topological polar surface area (TPSA) is 62.7 Å². The maximum Gasteiger partial charge on any atom is 0.304 e. The quantitative estimate of drug-likeness (QED) is 0.406. The van der Waals surface area contributed by atoms with E-state index in [0.717, 1.165) is 59.1 Å². The zero-order valence-corrected chi connectivity index (χ0v) is 21.4. The largest absolute Gasteiger partial charge is 0.496 e. The Morgan fingerprint density at radius 3 is 2.76 bits per heavy atom. The molecule has 33 heavy (non-hydrogen) atoms. The molecule has 2 aliphatic rings. The summed E-state index contributed by atoms with van der Waals surface area (Å²) in [5, 5.41) is 11.6. The monoisotopic (exact) mass is 508 g/mol. The molecule has 178 valence electrons. The molecule has 1 atom stereocenters. The van der Waals surface area contributed by atoms with E-state index in [1.165, 1.54) is 0 Å². The average molecular weight is 509 g/mol. The van der Waals surface area contributed by atoms with E-state index in [9.17, 15) is 9.90 Å². The number of hydrogen-bond donors (Lipinski definition) is 1. The van der Waals surface area contributed by atoms with E-state index in [1.54, 1.807) is 17.4 Å². The number of carboxylic acid groups (broad SMARTS) is 1. The van der Waals surface area contributed by atoms with E-state index in [4.69, 9.17) is 32.9 Å². The Morgan fingerprint density at radius 2 is 2.06 bits per heavy atom. The van der Waals surface area contributed by atoms with Crippen LogP contribution >= 0.6 is 34.5 Å². The van der Waals surface area contributed by atoms with Crippen LogP contribution in [0.3, 0.4) is 0 Å². The predicted molar refractivity (Wildman–Crippen MR) is 136 cm³/mol. The van der Waals surface area contributed by atoms with Gasteiger partial charge >= 0.3 is 5.97 Å². The molecule has 2 aromatic rings. The molecule has 2 heterocycles. The first-order valence-electron chi connectivity index (χ1n) is 11.4. The molecule has 1 saturated heterocycles. The first kappa shape index (κ1) is 24.4. The van der Waals surface area contributed by atoms with Crippen LogP contribution in [0.5, 0.6) is 0 Å². The summed E-state index contributed by atoms with van der Waals surface area (Å²) < 4.78 is 7.26. The van der Waals surface area contributed by atoms with Crippen LogP contribution in [0.1, 0.15) is 52.4 Å². The van der Waals surface area contributed by atoms with Crippen molar-refractivity contribution in [3.63, 3.8) is 0 Å². The molecular weight excluding hydrogens is 479 g/mol. The summed E-state index contributed by atoms with van der Waals surface area (Å²) in [6.45, 7) is 6.74. The fourth-order valence-electron chi connectivity index (χ4n) is 4.83. The molecule has 1 aromatic heterocycles. The van der Waals surface area contributed by atoms with Crippen molar-refractivity contribution in [3.05, 3.63) is 46.2 Å². The molecule has 1 aliphatic carbocycles. The molecule has 8 heteroatoms. The van der Waals surface area contributed by atoms with Gasteiger partial charge in [0.05, 0.1) is 28.3 Å². The van der Waals surface area contributed by atoms with Gasteiger partial charge in [-0.05, 0) is 49.0 Å². The number of aliphatic carboxylic acids is 1. The van der Waals surface area contributed by atoms with Crippen molar-refractivity contribution >= 4 is 55.9 Å². The van der Waals surface area contributed by atoms with Crippen molar-refractivity contribution in [1.29, 1.82) is 0 Å². The summed E-state index contributed by atoms with van der Waals surface area (Å²) in [4.78, 5) is 18.4. The number of carbonyl (C=O) groups is 1. The van der Waals surface area contributed by atoms with Crippen molar-refractivity contribution in [3.8, 4) is 0 Å². The summed E-state index contributed by atoms with van der Waals surface area (Å²) in [7, 11) is 0. The van der Waals surface area contributed by atoms with E-state index >= 15 is 0 Å². The second-order valence-corrected chi connectivity index (χ2v) is 11.4. The lowest BCUT2D eigenvalue weighted by Crippen LogP contribution is -2.40. The van der Waals surface area contributed by atoms with Crippen molar-refractivity contribution < 1.29 is 14.6 Å². The van der Waals surface area contributed by atoms with Crippen LogP contribution in [0.25, 0.3) is 10.2 Å². The Morgan fingerprint density at radius 1 is 1.30 bits per heavy atom. The number of allylic oxidation sites excluding steroid dienone is 4. The van der Waals surface area contributed by atoms with Gasteiger partial charge in [-0.1, -0.05) is 60.9 Å². The highest BCUT2D eigenvalue weighted by molar-refractivity contribution is 7.22. The number of benzene rings is 1. The molecule has 0 saturated carbocycles. The van der Waals surface area contributed by atoms with Crippen LogP contribution in [-0.2, 0) is 9.53 Å². The van der Waals surface area contributed by atoms with Gasteiger partial charge in [-0.2, -0.15) is 0 Å². The molecule has 0 unspecified atom stereocenters. The standard InChI is InChI=1S/C25H30Cl2N2O3S/c1-3-25(10-13-32-20-15-24(2,16-22(30)31)7-6-18(20)27)8-11-29(12-9-25)23-28-19-5-4-17(26)14-21(19)33-23/h4-7,14H,3,8-13,15-16H2,1-2H3,(H,30,31)/t24-/m0/s1. The van der Waals surface area contributed by atoms with Gasteiger partial charge in [0.25, 0.3) is 0 Å². The Labute approximate surface area is 209 Å². The predicted octanol–water partition coefficient (Wildman–Crippen LogP) is 7.24. The second kappa shape index (κ2) is 9.85. The summed E-state index contributed by atoms with van der Waals surface area (Å²) >= 11 is 14.2. The van der Waals surface area contributed by atoms with Gasteiger partial charge < -0.3 is 14.7 Å². The summed E-state index contributed by atoms with van der Waals surface area (Å²) in [5.41, 5.74) is 0.773. The lowest BCUT2D eigenvalue weighted by molar-refractivity contribution is -0.138. The van der Waals surface area contributed by atoms with Crippen molar-refractivity contribution in [2.45, 2.75) is 52.4 Å². The van der Waals surface area contributed by atoms with Crippen LogP contribution < -0.4 is 4.90 Å². The van der Waals surface area contributed by atoms with Crippen LogP contribution in [0.4, 0.5) is 5.13 Å². The van der Waals surface area contributed by atoms with Crippen molar-refractivity contribution in [2.24, 2.45) is 10.8 Å². The third kappa shape index (κ3) is 5.67. The lowest BCUT2D eigenvalue weighted by atomic mass is 9.74. The Hall–Kier alpha value is -1.76. The molecule has 5 nitrogen and oxygen atoms in total. The highest BCUT2D eigenvalue weighted by Crippen LogP contribution is 2.42. The molecule has 1 N–H and O–H groups in total. The second-order valence-electron chi connectivity index (χ2n) is 9.55. The third-order valence-corrected chi connectivity index (χ3v) is 8.76. The number of thiazole rings is 1. The maximum atomic E-state index is 11.2. The fourth-order valence-corrected chi connectivity index (χ4v) is 6.31. The van der Waals surface area contributed by atoms with Crippen LogP contribution in [0.2, 0.25) is 5.02 Å².